The second-order valence-electron chi connectivity index (χ2n) is 9.41. The van der Waals surface area contributed by atoms with Crippen LogP contribution in [-0.2, 0) is 10.0 Å². The first-order valence-corrected chi connectivity index (χ1v) is 13.4. The van der Waals surface area contributed by atoms with E-state index in [-0.39, 0.29) is 5.54 Å². The predicted octanol–water partition coefficient (Wildman–Crippen LogP) is 5.51. The molecule has 4 saturated carbocycles. The van der Waals surface area contributed by atoms with Crippen LogP contribution in [0.25, 0.3) is 0 Å². The van der Waals surface area contributed by atoms with Crippen molar-refractivity contribution in [2.75, 3.05) is 10.6 Å². The van der Waals surface area contributed by atoms with Crippen LogP contribution in [0.1, 0.15) is 38.5 Å². The van der Waals surface area contributed by atoms with Gasteiger partial charge in [0.2, 0.25) is 10.0 Å². The normalized spacial score (nSPS) is 29.0. The summed E-state index contributed by atoms with van der Waals surface area (Å²) in [6, 6.07) is 14.5. The van der Waals surface area contributed by atoms with E-state index in [2.05, 4.69) is 31.3 Å². The van der Waals surface area contributed by atoms with E-state index in [1.165, 1.54) is 19.3 Å². The summed E-state index contributed by atoms with van der Waals surface area (Å²) < 4.78 is 30.4. The second kappa shape index (κ2) is 8.14. The quantitative estimate of drug-likeness (QED) is 0.454. The van der Waals surface area contributed by atoms with Crippen molar-refractivity contribution in [3.8, 4) is 0 Å². The Kier molecular flexibility index (Phi) is 5.61. The lowest BCUT2D eigenvalue weighted by Crippen LogP contribution is -2.59. The highest BCUT2D eigenvalue weighted by molar-refractivity contribution is 9.10. The van der Waals surface area contributed by atoms with Crippen molar-refractivity contribution in [2.45, 2.75) is 49.0 Å². The fraction of sp³-hybridized carbons (Fsp3) is 0.435. The lowest BCUT2D eigenvalue weighted by molar-refractivity contribution is -0.00810. The van der Waals surface area contributed by atoms with Gasteiger partial charge in [-0.15, -0.1) is 0 Å². The van der Waals surface area contributed by atoms with Crippen molar-refractivity contribution in [1.82, 2.24) is 4.72 Å². The summed E-state index contributed by atoms with van der Waals surface area (Å²) in [5, 5.41) is 6.67. The Bertz CT molecular complexity index is 1050. The SMILES string of the molecule is O=S(=O)(NC12CC3CC(CC(C3)C1)C2)c1ccc(NC(=S)Nc2ccc(Br)cc2)cc1. The highest BCUT2D eigenvalue weighted by Gasteiger charge is 2.52. The van der Waals surface area contributed by atoms with E-state index in [4.69, 9.17) is 12.2 Å². The molecule has 2 aromatic rings. The van der Waals surface area contributed by atoms with E-state index in [0.717, 1.165) is 35.1 Å². The van der Waals surface area contributed by atoms with E-state index < -0.39 is 10.0 Å². The first-order valence-electron chi connectivity index (χ1n) is 10.8. The van der Waals surface area contributed by atoms with Gasteiger partial charge in [-0.2, -0.15) is 0 Å². The Morgan fingerprint density at radius 3 is 1.77 bits per heavy atom. The van der Waals surface area contributed by atoms with Gasteiger partial charge in [0.05, 0.1) is 4.90 Å². The van der Waals surface area contributed by atoms with Crippen molar-refractivity contribution in [3.05, 3.63) is 53.0 Å². The van der Waals surface area contributed by atoms with Crippen molar-refractivity contribution < 1.29 is 8.42 Å². The lowest BCUT2D eigenvalue weighted by Gasteiger charge is -2.56. The van der Waals surface area contributed by atoms with E-state index in [1.807, 2.05) is 24.3 Å². The molecule has 4 aliphatic rings. The van der Waals surface area contributed by atoms with Gasteiger partial charge in [-0.1, -0.05) is 15.9 Å². The fourth-order valence-corrected chi connectivity index (χ4v) is 8.06. The molecule has 0 spiro atoms. The van der Waals surface area contributed by atoms with Crippen molar-refractivity contribution in [1.29, 1.82) is 0 Å². The van der Waals surface area contributed by atoms with Crippen LogP contribution < -0.4 is 15.4 Å². The Morgan fingerprint density at radius 2 is 1.29 bits per heavy atom. The summed E-state index contributed by atoms with van der Waals surface area (Å²) in [5.74, 6) is 2.08. The summed E-state index contributed by atoms with van der Waals surface area (Å²) in [6.45, 7) is 0. The smallest absolute Gasteiger partial charge is 0.241 e. The molecule has 0 amide bonds. The molecule has 2 aromatic carbocycles. The molecule has 3 N–H and O–H groups in total. The molecule has 0 unspecified atom stereocenters. The van der Waals surface area contributed by atoms with Gasteiger partial charge in [0.1, 0.15) is 0 Å². The molecule has 5 nitrogen and oxygen atoms in total. The van der Waals surface area contributed by atoms with Gasteiger partial charge in [-0.25, -0.2) is 13.1 Å². The lowest BCUT2D eigenvalue weighted by atomic mass is 9.53. The molecule has 31 heavy (non-hydrogen) atoms. The zero-order chi connectivity index (χ0) is 21.6. The molecular weight excluding hydrogens is 494 g/mol. The van der Waals surface area contributed by atoms with Crippen LogP contribution in [0.3, 0.4) is 0 Å². The van der Waals surface area contributed by atoms with Crippen LogP contribution in [0.15, 0.2) is 57.9 Å². The first kappa shape index (κ1) is 21.4. The minimum absolute atomic E-state index is 0.235. The molecule has 0 heterocycles. The topological polar surface area (TPSA) is 70.2 Å². The van der Waals surface area contributed by atoms with Crippen molar-refractivity contribution in [3.63, 3.8) is 0 Å². The molecule has 0 saturated heterocycles. The van der Waals surface area contributed by atoms with Gasteiger partial charge in [-0.05, 0) is 117 Å². The minimum atomic E-state index is -3.55. The maximum Gasteiger partial charge on any atom is 0.241 e. The molecule has 0 atom stereocenters. The van der Waals surface area contributed by atoms with Gasteiger partial charge >= 0.3 is 0 Å². The molecule has 0 aromatic heterocycles. The van der Waals surface area contributed by atoms with E-state index in [0.29, 0.717) is 27.8 Å². The molecule has 4 bridgehead atoms. The number of nitrogens with one attached hydrogen (secondary N) is 3. The van der Waals surface area contributed by atoms with Gasteiger partial charge in [0.15, 0.2) is 5.11 Å². The number of hydrogen-bond donors (Lipinski definition) is 3. The number of anilines is 2. The number of thiocarbonyl (C=S) groups is 1. The van der Waals surface area contributed by atoms with Gasteiger partial charge in [0, 0.05) is 21.4 Å². The standard InChI is InChI=1S/C23H26BrN3O2S2/c24-18-1-3-19(4-2-18)25-22(30)26-20-5-7-21(8-6-20)31(28,29)27-23-12-15-9-16(13-23)11-17(10-15)14-23/h1-8,15-17,27H,9-14H2,(H2,25,26,30). The molecular formula is C23H26BrN3O2S2. The largest absolute Gasteiger partial charge is 0.332 e. The highest BCUT2D eigenvalue weighted by Crippen LogP contribution is 2.55. The third kappa shape index (κ3) is 4.67. The van der Waals surface area contributed by atoms with Crippen LogP contribution in [-0.4, -0.2) is 19.1 Å². The Balaban J connectivity index is 1.24. The number of sulfonamides is 1. The summed E-state index contributed by atoms with van der Waals surface area (Å²) in [6.07, 6.45) is 6.84. The van der Waals surface area contributed by atoms with Gasteiger partial charge in [-0.3, -0.25) is 0 Å². The highest BCUT2D eigenvalue weighted by atomic mass is 79.9. The average Bonchev–Trinajstić information content (AvgIpc) is 2.68. The zero-order valence-corrected chi connectivity index (χ0v) is 20.3. The van der Waals surface area contributed by atoms with E-state index in [9.17, 15) is 8.42 Å². The molecule has 4 aliphatic carbocycles. The van der Waals surface area contributed by atoms with Crippen molar-refractivity contribution >= 4 is 54.7 Å². The molecule has 0 aliphatic heterocycles. The van der Waals surface area contributed by atoms with E-state index >= 15 is 0 Å². The van der Waals surface area contributed by atoms with Crippen LogP contribution >= 0.6 is 28.1 Å². The number of benzene rings is 2. The van der Waals surface area contributed by atoms with Crippen LogP contribution in [0.5, 0.6) is 0 Å². The Morgan fingerprint density at radius 1 is 0.839 bits per heavy atom. The molecule has 164 valence electrons. The monoisotopic (exact) mass is 519 g/mol. The summed E-state index contributed by atoms with van der Waals surface area (Å²) >= 11 is 8.77. The molecule has 4 fully saturated rings. The fourth-order valence-electron chi connectivity index (χ4n) is 6.12. The third-order valence-corrected chi connectivity index (χ3v) is 9.24. The van der Waals surface area contributed by atoms with Crippen molar-refractivity contribution in [2.24, 2.45) is 17.8 Å². The molecule has 6 rings (SSSR count). The number of rotatable bonds is 5. The number of halogens is 1. The minimum Gasteiger partial charge on any atom is -0.332 e. The maximum absolute atomic E-state index is 13.1. The number of hydrogen-bond acceptors (Lipinski definition) is 3. The Labute approximate surface area is 197 Å². The second-order valence-corrected chi connectivity index (χ2v) is 12.4. The maximum atomic E-state index is 13.1. The molecule has 8 heteroatoms. The average molecular weight is 521 g/mol. The van der Waals surface area contributed by atoms with Crippen LogP contribution in [0.4, 0.5) is 11.4 Å². The van der Waals surface area contributed by atoms with Crippen LogP contribution in [0.2, 0.25) is 0 Å². The van der Waals surface area contributed by atoms with E-state index in [1.54, 1.807) is 24.3 Å². The summed E-state index contributed by atoms with van der Waals surface area (Å²) in [5.41, 5.74) is 1.38. The molecule has 0 radical (unpaired) electrons. The first-order chi connectivity index (χ1) is 14.8. The van der Waals surface area contributed by atoms with Gasteiger partial charge < -0.3 is 10.6 Å². The van der Waals surface area contributed by atoms with Gasteiger partial charge in [0.25, 0.3) is 0 Å². The zero-order valence-electron chi connectivity index (χ0n) is 17.1. The Hall–Kier alpha value is -1.48. The summed E-state index contributed by atoms with van der Waals surface area (Å²) in [7, 11) is -3.55. The summed E-state index contributed by atoms with van der Waals surface area (Å²) in [4.78, 5) is 0.306. The van der Waals surface area contributed by atoms with Crippen LogP contribution in [0, 0.1) is 17.8 Å². The predicted molar refractivity (Wildman–Crippen MR) is 132 cm³/mol. The third-order valence-electron chi connectivity index (χ3n) is 6.91.